The van der Waals surface area contributed by atoms with E-state index in [2.05, 4.69) is 13.8 Å². The van der Waals surface area contributed by atoms with E-state index in [9.17, 15) is 22.9 Å². The number of ether oxygens (including phenoxy) is 1. The molecule has 0 aromatic carbocycles. The van der Waals surface area contributed by atoms with Gasteiger partial charge in [0.1, 0.15) is 6.10 Å². The average Bonchev–Trinajstić information content (AvgIpc) is 2.87. The van der Waals surface area contributed by atoms with Gasteiger partial charge < -0.3 is 9.84 Å². The van der Waals surface area contributed by atoms with Crippen molar-refractivity contribution in [2.75, 3.05) is 12.4 Å². The van der Waals surface area contributed by atoms with Crippen LogP contribution in [0.3, 0.4) is 0 Å². The van der Waals surface area contributed by atoms with Crippen molar-refractivity contribution in [1.82, 2.24) is 0 Å². The molecule has 8 nitrogen and oxygen atoms in total. The summed E-state index contributed by atoms with van der Waals surface area (Å²) in [6, 6.07) is 0. The van der Waals surface area contributed by atoms with Gasteiger partial charge in [0.2, 0.25) is 8.46 Å². The summed E-state index contributed by atoms with van der Waals surface area (Å²) < 4.78 is 43.3. The molecule has 10 heteroatoms. The minimum atomic E-state index is -3.51. The van der Waals surface area contributed by atoms with E-state index in [1.165, 1.54) is 38.5 Å². The first-order chi connectivity index (χ1) is 17.7. The third-order valence-electron chi connectivity index (χ3n) is 6.56. The van der Waals surface area contributed by atoms with Gasteiger partial charge in [-0.25, -0.2) is 18.1 Å². The molecule has 3 atom stereocenters. The van der Waals surface area contributed by atoms with Gasteiger partial charge in [-0.15, -0.1) is 0 Å². The van der Waals surface area contributed by atoms with Crippen LogP contribution in [0.5, 0.6) is 0 Å². The van der Waals surface area contributed by atoms with Crippen LogP contribution in [0.2, 0.25) is 0 Å². The molecule has 0 spiro atoms. The lowest BCUT2D eigenvalue weighted by Crippen LogP contribution is -2.43. The Morgan fingerprint density at radius 3 is 1.76 bits per heavy atom. The highest BCUT2D eigenvalue weighted by Crippen LogP contribution is 2.30. The van der Waals surface area contributed by atoms with Crippen molar-refractivity contribution in [3.63, 3.8) is 0 Å². The van der Waals surface area contributed by atoms with Crippen LogP contribution in [0, 0.1) is 0 Å². The summed E-state index contributed by atoms with van der Waals surface area (Å²) in [4.78, 5) is 22.0. The Balaban J connectivity index is 4.96. The molecule has 0 saturated heterocycles. The second-order valence-electron chi connectivity index (χ2n) is 10.0. The molecule has 0 bridgehead atoms. The highest BCUT2D eigenvalue weighted by molar-refractivity contribution is 7.92. The molecule has 0 aromatic rings. The second-order valence-corrected chi connectivity index (χ2v) is 13.1. The van der Waals surface area contributed by atoms with Crippen LogP contribution in [-0.2, 0) is 33.7 Å². The van der Waals surface area contributed by atoms with Gasteiger partial charge in [-0.1, -0.05) is 111 Å². The molecular weight excluding hydrogens is 515 g/mol. The Bertz CT molecular complexity index is 688. The molecule has 1 N–H and O–H groups in total. The van der Waals surface area contributed by atoms with Gasteiger partial charge in [0.05, 0.1) is 17.6 Å². The minimum Gasteiger partial charge on any atom is -0.477 e. The zero-order valence-corrected chi connectivity index (χ0v) is 25.5. The molecular formula is C27H53O8PS. The van der Waals surface area contributed by atoms with Crippen LogP contribution in [0.25, 0.3) is 0 Å². The Hall–Kier alpha value is -0.600. The van der Waals surface area contributed by atoms with E-state index in [1.807, 2.05) is 0 Å². The van der Waals surface area contributed by atoms with Crippen molar-refractivity contribution >= 4 is 24.3 Å². The van der Waals surface area contributed by atoms with Crippen LogP contribution >= 0.6 is 8.46 Å². The van der Waals surface area contributed by atoms with E-state index in [0.29, 0.717) is 19.3 Å². The maximum Gasteiger partial charge on any atom is 0.380 e. The van der Waals surface area contributed by atoms with Gasteiger partial charge in [0, 0.05) is 0 Å². The summed E-state index contributed by atoms with van der Waals surface area (Å²) in [5, 5.41) is 8.65. The minimum absolute atomic E-state index is 0.00280. The number of hydrogen-bond donors (Lipinski definition) is 1. The predicted octanol–water partition coefficient (Wildman–Crippen LogP) is 7.84. The first-order valence-corrected chi connectivity index (χ1v) is 17.0. The van der Waals surface area contributed by atoms with Crippen molar-refractivity contribution in [2.24, 2.45) is 0 Å². The van der Waals surface area contributed by atoms with E-state index < -0.39 is 41.1 Å². The lowest BCUT2D eigenvalue weighted by atomic mass is 10.1. The Kier molecular flexibility index (Phi) is 21.9. The van der Waals surface area contributed by atoms with Gasteiger partial charge in [0.15, 0.2) is 9.84 Å². The maximum absolute atomic E-state index is 13.3. The topological polar surface area (TPSA) is 116 Å². The fraction of sp³-hybridized carbons (Fsp3) is 0.963. The monoisotopic (exact) mass is 568 g/mol. The highest BCUT2D eigenvalue weighted by Gasteiger charge is 2.46. The van der Waals surface area contributed by atoms with Crippen LogP contribution in [0.1, 0.15) is 137 Å². The number of carboxylic acids is 1. The van der Waals surface area contributed by atoms with Crippen LogP contribution in [-0.4, -0.2) is 48.7 Å². The summed E-state index contributed by atoms with van der Waals surface area (Å²) >= 11 is 0. The molecule has 0 aliphatic carbocycles. The molecule has 220 valence electrons. The fourth-order valence-corrected chi connectivity index (χ4v) is 6.60. The number of aliphatic carboxylic acids is 1. The Morgan fingerprint density at radius 1 is 0.811 bits per heavy atom. The van der Waals surface area contributed by atoms with E-state index in [0.717, 1.165) is 51.4 Å². The highest BCUT2D eigenvalue weighted by atomic mass is 32.2. The molecule has 0 aliphatic rings. The van der Waals surface area contributed by atoms with Crippen molar-refractivity contribution < 1.29 is 37.4 Å². The first-order valence-electron chi connectivity index (χ1n) is 14.5. The molecule has 0 rings (SSSR count). The molecule has 0 radical (unpaired) electrons. The maximum atomic E-state index is 13.3. The number of hydrogen-bond acceptors (Lipinski definition) is 7. The van der Waals surface area contributed by atoms with Crippen LogP contribution in [0.15, 0.2) is 0 Å². The zero-order chi connectivity index (χ0) is 28.0. The number of carboxylic acid groups (broad SMARTS) is 1. The number of carbonyl (C=O) groups is 1. The number of sulfone groups is 1. The molecule has 0 heterocycles. The van der Waals surface area contributed by atoms with Crippen molar-refractivity contribution in [3.8, 4) is 0 Å². The quantitative estimate of drug-likeness (QED) is 0.0350. The van der Waals surface area contributed by atoms with E-state index in [-0.39, 0.29) is 12.4 Å². The zero-order valence-electron chi connectivity index (χ0n) is 23.8. The largest absolute Gasteiger partial charge is 0.477 e. The molecule has 0 amide bonds. The van der Waals surface area contributed by atoms with Gasteiger partial charge in [-0.3, -0.25) is 4.57 Å². The summed E-state index contributed by atoms with van der Waals surface area (Å²) in [6.45, 7) is 7.66. The fourth-order valence-electron chi connectivity index (χ4n) is 4.24. The lowest BCUT2D eigenvalue weighted by molar-refractivity contribution is -0.402. The average molecular weight is 569 g/mol. The SMILES string of the molecule is CCCCCCCCCCCCS(=O)(=O)C(CCCCCCC)C(C)OOC(OCCC)(P=O)C(=O)O. The summed E-state index contributed by atoms with van der Waals surface area (Å²) in [5.41, 5.74) is -2.52. The molecule has 3 unspecified atom stereocenters. The Morgan fingerprint density at radius 2 is 1.30 bits per heavy atom. The van der Waals surface area contributed by atoms with Crippen molar-refractivity contribution in [2.45, 2.75) is 154 Å². The van der Waals surface area contributed by atoms with Gasteiger partial charge in [0.25, 0.3) is 0 Å². The first kappa shape index (κ1) is 36.4. The normalized spacial score (nSPS) is 15.5. The molecule has 0 aromatic heterocycles. The Labute approximate surface area is 227 Å². The molecule has 0 saturated carbocycles. The lowest BCUT2D eigenvalue weighted by Gasteiger charge is -2.27. The van der Waals surface area contributed by atoms with Crippen LogP contribution in [0.4, 0.5) is 0 Å². The number of rotatable bonds is 27. The number of unbranched alkanes of at least 4 members (excludes halogenated alkanes) is 13. The standard InChI is InChI=1S/C27H53O8PS/c1-5-8-10-12-13-14-15-16-18-20-23-37(31,32)25(21-19-17-11-9-6-2)24(4)34-35-27(36-30,26(28)29)33-22-7-3/h24-25H,5-23H2,1-4H3,(H,28,29). The smallest absolute Gasteiger partial charge is 0.380 e. The second kappa shape index (κ2) is 22.2. The summed E-state index contributed by atoms with van der Waals surface area (Å²) in [7, 11) is -4.44. The summed E-state index contributed by atoms with van der Waals surface area (Å²) in [6.07, 6.45) is 16.0. The predicted molar refractivity (Wildman–Crippen MR) is 149 cm³/mol. The molecule has 37 heavy (non-hydrogen) atoms. The molecule has 0 aliphatic heterocycles. The van der Waals surface area contributed by atoms with Crippen LogP contribution < -0.4 is 0 Å². The van der Waals surface area contributed by atoms with E-state index >= 15 is 0 Å². The van der Waals surface area contributed by atoms with E-state index in [1.54, 1.807) is 13.8 Å². The third-order valence-corrected chi connectivity index (χ3v) is 9.60. The van der Waals surface area contributed by atoms with Crippen molar-refractivity contribution in [1.29, 1.82) is 0 Å². The van der Waals surface area contributed by atoms with Crippen molar-refractivity contribution in [3.05, 3.63) is 0 Å². The van der Waals surface area contributed by atoms with Gasteiger partial charge >= 0.3 is 11.5 Å². The van der Waals surface area contributed by atoms with Gasteiger partial charge in [-0.05, 0) is 26.2 Å². The third kappa shape index (κ3) is 16.2. The summed E-state index contributed by atoms with van der Waals surface area (Å²) in [5.74, 6) is -1.54. The molecule has 0 fully saturated rings. The van der Waals surface area contributed by atoms with E-state index in [4.69, 9.17) is 14.5 Å². The van der Waals surface area contributed by atoms with Gasteiger partial charge in [-0.2, -0.15) is 4.89 Å².